The average molecular weight is 446 g/mol. The third kappa shape index (κ3) is 2.33. The van der Waals surface area contributed by atoms with Gasteiger partial charge in [0.15, 0.2) is 5.65 Å². The van der Waals surface area contributed by atoms with E-state index >= 15 is 0 Å². The molecule has 1 aromatic carbocycles. The minimum Gasteiger partial charge on any atom is -0.310 e. The molecule has 7 heteroatoms. The third-order valence-corrected chi connectivity index (χ3v) is 5.04. The number of nitrogens with one attached hydrogen (secondary N) is 1. The maximum atomic E-state index is 12.3. The Hall–Kier alpha value is -1.11. The van der Waals surface area contributed by atoms with Crippen molar-refractivity contribution in [1.29, 1.82) is 0 Å². The maximum Gasteiger partial charge on any atom is 0.260 e. The molecule has 0 atom stereocenters. The lowest BCUT2D eigenvalue weighted by molar-refractivity contribution is 0.982. The molecule has 0 amide bonds. The van der Waals surface area contributed by atoms with Gasteiger partial charge in [0.25, 0.3) is 5.56 Å². The number of rotatable bonds is 1. The number of aryl methyl sites for hydroxylation is 2. The highest BCUT2D eigenvalue weighted by molar-refractivity contribution is 9.11. The van der Waals surface area contributed by atoms with Gasteiger partial charge in [-0.05, 0) is 54.4 Å². The van der Waals surface area contributed by atoms with Crippen LogP contribution in [-0.4, -0.2) is 14.5 Å². The zero-order valence-electron chi connectivity index (χ0n) is 12.1. The fourth-order valence-electron chi connectivity index (χ4n) is 2.60. The van der Waals surface area contributed by atoms with Crippen molar-refractivity contribution in [2.75, 3.05) is 0 Å². The molecule has 0 aliphatic carbocycles. The van der Waals surface area contributed by atoms with Crippen molar-refractivity contribution in [3.8, 4) is 5.69 Å². The summed E-state index contributed by atoms with van der Waals surface area (Å²) in [6.07, 6.45) is 0. The molecule has 114 valence electrons. The number of aromatic nitrogens is 3. The van der Waals surface area contributed by atoms with Crippen LogP contribution in [0.3, 0.4) is 0 Å². The van der Waals surface area contributed by atoms with E-state index in [0.29, 0.717) is 21.9 Å². The van der Waals surface area contributed by atoms with Crippen LogP contribution in [0.25, 0.3) is 16.7 Å². The molecule has 1 N–H and O–H groups in total. The van der Waals surface area contributed by atoms with Crippen LogP contribution in [0.5, 0.6) is 0 Å². The summed E-state index contributed by atoms with van der Waals surface area (Å²) in [6, 6.07) is 3.74. The molecule has 0 saturated heterocycles. The average Bonchev–Trinajstić information content (AvgIpc) is 2.62. The van der Waals surface area contributed by atoms with E-state index in [1.54, 1.807) is 6.92 Å². The Bertz CT molecular complexity index is 952. The zero-order valence-corrected chi connectivity index (χ0v) is 16.0. The molecule has 0 bridgehead atoms. The van der Waals surface area contributed by atoms with Gasteiger partial charge in [-0.2, -0.15) is 0 Å². The van der Waals surface area contributed by atoms with Crippen LogP contribution in [0, 0.1) is 20.8 Å². The lowest BCUT2D eigenvalue weighted by Crippen LogP contribution is -2.10. The van der Waals surface area contributed by atoms with Crippen molar-refractivity contribution < 1.29 is 0 Å². The number of fused-ring (bicyclic) bond motifs is 1. The first-order valence-corrected chi connectivity index (χ1v) is 8.51. The van der Waals surface area contributed by atoms with Crippen LogP contribution in [0.2, 0.25) is 5.02 Å². The molecule has 0 saturated carbocycles. The summed E-state index contributed by atoms with van der Waals surface area (Å²) in [5.41, 5.74) is 3.09. The fourth-order valence-corrected chi connectivity index (χ4v) is 4.55. The molecule has 0 aliphatic heterocycles. The predicted molar refractivity (Wildman–Crippen MR) is 96.3 cm³/mol. The summed E-state index contributed by atoms with van der Waals surface area (Å²) >= 11 is 13.4. The minimum atomic E-state index is -0.133. The van der Waals surface area contributed by atoms with E-state index in [2.05, 4.69) is 41.8 Å². The molecule has 3 rings (SSSR count). The molecular weight excluding hydrogens is 433 g/mol. The van der Waals surface area contributed by atoms with Crippen LogP contribution in [-0.2, 0) is 0 Å². The van der Waals surface area contributed by atoms with Gasteiger partial charge < -0.3 is 4.98 Å². The Labute approximate surface area is 148 Å². The van der Waals surface area contributed by atoms with Crippen molar-refractivity contribution in [2.24, 2.45) is 0 Å². The van der Waals surface area contributed by atoms with Gasteiger partial charge in [-0.1, -0.05) is 27.5 Å². The quantitative estimate of drug-likeness (QED) is 0.584. The van der Waals surface area contributed by atoms with Crippen LogP contribution in [0.15, 0.2) is 25.9 Å². The molecule has 0 unspecified atom stereocenters. The summed E-state index contributed by atoms with van der Waals surface area (Å²) in [5.74, 6) is 0.570. The van der Waals surface area contributed by atoms with Crippen molar-refractivity contribution in [2.45, 2.75) is 20.8 Å². The minimum absolute atomic E-state index is 0.133. The number of halogens is 3. The first kappa shape index (κ1) is 15.8. The SMILES string of the molecule is Cc1nc2c(c(C)c(C)n2-c2c(Cl)cc(Br)cc2Br)c(=O)[nH]1. The third-order valence-electron chi connectivity index (χ3n) is 3.69. The van der Waals surface area contributed by atoms with Gasteiger partial charge >= 0.3 is 0 Å². The topological polar surface area (TPSA) is 50.7 Å². The summed E-state index contributed by atoms with van der Waals surface area (Å²) < 4.78 is 3.62. The monoisotopic (exact) mass is 443 g/mol. The highest BCUT2D eigenvalue weighted by Crippen LogP contribution is 2.36. The predicted octanol–water partition coefficient (Wildman–Crippen LogP) is 4.82. The van der Waals surface area contributed by atoms with Crippen LogP contribution >= 0.6 is 43.5 Å². The van der Waals surface area contributed by atoms with Gasteiger partial charge in [0.2, 0.25) is 0 Å². The Morgan fingerprint density at radius 1 is 1.23 bits per heavy atom. The van der Waals surface area contributed by atoms with Crippen molar-refractivity contribution in [1.82, 2.24) is 14.5 Å². The second-order valence-corrected chi connectivity index (χ2v) is 7.29. The van der Waals surface area contributed by atoms with Crippen molar-refractivity contribution in [3.05, 3.63) is 53.5 Å². The molecule has 2 heterocycles. The van der Waals surface area contributed by atoms with E-state index in [1.807, 2.05) is 30.5 Å². The fraction of sp³-hybridized carbons (Fsp3) is 0.200. The summed E-state index contributed by atoms with van der Waals surface area (Å²) in [4.78, 5) is 19.5. The van der Waals surface area contributed by atoms with Gasteiger partial charge in [0, 0.05) is 14.6 Å². The maximum absolute atomic E-state index is 12.3. The molecular formula is C15H12Br2ClN3O. The van der Waals surface area contributed by atoms with E-state index in [-0.39, 0.29) is 5.56 Å². The number of hydrogen-bond donors (Lipinski definition) is 1. The lowest BCUT2D eigenvalue weighted by atomic mass is 10.2. The Kier molecular flexibility index (Phi) is 3.95. The first-order valence-electron chi connectivity index (χ1n) is 6.54. The van der Waals surface area contributed by atoms with Gasteiger partial charge in [0.05, 0.1) is 16.1 Å². The Morgan fingerprint density at radius 3 is 2.55 bits per heavy atom. The molecule has 2 aromatic heterocycles. The van der Waals surface area contributed by atoms with Crippen LogP contribution in [0.1, 0.15) is 17.1 Å². The van der Waals surface area contributed by atoms with Crippen LogP contribution in [0.4, 0.5) is 0 Å². The molecule has 22 heavy (non-hydrogen) atoms. The first-order chi connectivity index (χ1) is 10.3. The zero-order chi connectivity index (χ0) is 16.2. The highest BCUT2D eigenvalue weighted by atomic mass is 79.9. The highest BCUT2D eigenvalue weighted by Gasteiger charge is 2.20. The Balaban J connectivity index is 2.53. The van der Waals surface area contributed by atoms with Gasteiger partial charge in [-0.15, -0.1) is 0 Å². The van der Waals surface area contributed by atoms with E-state index in [9.17, 15) is 4.79 Å². The second kappa shape index (κ2) is 5.51. The molecule has 0 radical (unpaired) electrons. The number of H-pyrrole nitrogens is 1. The number of aromatic amines is 1. The van der Waals surface area contributed by atoms with Crippen molar-refractivity contribution in [3.63, 3.8) is 0 Å². The second-order valence-electron chi connectivity index (χ2n) is 5.11. The molecule has 0 aliphatic rings. The van der Waals surface area contributed by atoms with E-state index in [4.69, 9.17) is 11.6 Å². The summed E-state index contributed by atoms with van der Waals surface area (Å²) in [7, 11) is 0. The number of benzene rings is 1. The van der Waals surface area contributed by atoms with E-state index in [0.717, 1.165) is 25.9 Å². The van der Waals surface area contributed by atoms with E-state index < -0.39 is 0 Å². The van der Waals surface area contributed by atoms with Gasteiger partial charge in [-0.25, -0.2) is 4.98 Å². The van der Waals surface area contributed by atoms with Gasteiger partial charge in [-0.3, -0.25) is 9.36 Å². The van der Waals surface area contributed by atoms with Crippen LogP contribution < -0.4 is 5.56 Å². The molecule has 3 aromatic rings. The van der Waals surface area contributed by atoms with Crippen molar-refractivity contribution >= 4 is 54.5 Å². The summed E-state index contributed by atoms with van der Waals surface area (Å²) in [5, 5.41) is 1.16. The molecule has 4 nitrogen and oxygen atoms in total. The molecule has 0 fully saturated rings. The number of hydrogen-bond acceptors (Lipinski definition) is 2. The smallest absolute Gasteiger partial charge is 0.260 e. The largest absolute Gasteiger partial charge is 0.310 e. The number of nitrogens with zero attached hydrogens (tertiary/aromatic N) is 2. The van der Waals surface area contributed by atoms with E-state index in [1.165, 1.54) is 0 Å². The normalized spacial score (nSPS) is 11.4. The molecule has 0 spiro atoms. The lowest BCUT2D eigenvalue weighted by Gasteiger charge is -2.13. The van der Waals surface area contributed by atoms with Gasteiger partial charge in [0.1, 0.15) is 5.82 Å². The Morgan fingerprint density at radius 2 is 1.91 bits per heavy atom. The summed E-state index contributed by atoms with van der Waals surface area (Å²) in [6.45, 7) is 5.64. The standard InChI is InChI=1S/C15H12Br2ClN3O/c1-6-7(2)21(13-10(17)4-9(16)5-11(13)18)14-12(6)15(22)20-8(3)19-14/h4-5H,1-3H3,(H,19,20,22).